The molecule has 0 radical (unpaired) electrons. The fraction of sp³-hybridized carbons (Fsp3) is 0.452. The van der Waals surface area contributed by atoms with E-state index in [1.54, 1.807) is 7.11 Å². The molecular formula is C31H41N3O4S. The number of aryl methyl sites for hydroxylation is 1. The molecule has 1 atom stereocenters. The number of amidine groups is 1. The van der Waals surface area contributed by atoms with Crippen LogP contribution in [-0.4, -0.2) is 58.8 Å². The topological polar surface area (TPSA) is 88.1 Å². The van der Waals surface area contributed by atoms with Gasteiger partial charge >= 0.3 is 0 Å². The van der Waals surface area contributed by atoms with E-state index in [0.29, 0.717) is 42.3 Å². The lowest BCUT2D eigenvalue weighted by atomic mass is 9.99. The number of hydrogen-bond acceptors (Lipinski definition) is 5. The van der Waals surface area contributed by atoms with Crippen molar-refractivity contribution in [1.29, 1.82) is 0 Å². The van der Waals surface area contributed by atoms with Crippen molar-refractivity contribution in [3.8, 4) is 11.1 Å². The summed E-state index contributed by atoms with van der Waals surface area (Å²) in [4.78, 5) is 31.9. The van der Waals surface area contributed by atoms with Crippen LogP contribution in [0.15, 0.2) is 51.9 Å². The smallest absolute Gasteiger partial charge is 0.250 e. The maximum Gasteiger partial charge on any atom is 0.250 e. The summed E-state index contributed by atoms with van der Waals surface area (Å²) in [7, 11) is 0.767. The maximum atomic E-state index is 13.3. The molecule has 0 bridgehead atoms. The van der Waals surface area contributed by atoms with Gasteiger partial charge in [-0.3, -0.25) is 13.8 Å². The number of carbonyl (C=O) groups is 2. The van der Waals surface area contributed by atoms with Crippen LogP contribution >= 0.6 is 0 Å². The number of aliphatic imine (C=N–C) groups is 1. The highest BCUT2D eigenvalue weighted by molar-refractivity contribution is 7.85. The number of nitrogens with zero attached hydrogens (tertiary/aromatic N) is 2. The van der Waals surface area contributed by atoms with E-state index in [1.807, 2.05) is 62.1 Å². The molecule has 0 spiro atoms. The van der Waals surface area contributed by atoms with E-state index in [2.05, 4.69) is 30.2 Å². The SMILES string of the molecule is CCCN(CCC)C(=O)C1=Cc2ccc(-c3ccc4c(c3)S(=O)CC4)cc2N=C(NC=O)C1.COC(C)(C)C. The molecule has 0 saturated heterocycles. The first-order valence-corrected chi connectivity index (χ1v) is 14.9. The van der Waals surface area contributed by atoms with Gasteiger partial charge in [0.1, 0.15) is 5.84 Å². The van der Waals surface area contributed by atoms with Crippen molar-refractivity contribution < 1.29 is 18.5 Å². The Hall–Kier alpha value is -3.10. The molecule has 1 N–H and O–H groups in total. The third-order valence-corrected chi connectivity index (χ3v) is 8.01. The molecular weight excluding hydrogens is 510 g/mol. The van der Waals surface area contributed by atoms with Crippen LogP contribution in [0, 0.1) is 0 Å². The number of carbonyl (C=O) groups excluding carboxylic acids is 2. The Morgan fingerprint density at radius 3 is 2.36 bits per heavy atom. The van der Waals surface area contributed by atoms with Gasteiger partial charge in [-0.05, 0) is 74.9 Å². The summed E-state index contributed by atoms with van der Waals surface area (Å²) in [5.41, 5.74) is 5.27. The Morgan fingerprint density at radius 1 is 1.10 bits per heavy atom. The van der Waals surface area contributed by atoms with Crippen LogP contribution in [0.1, 0.15) is 65.0 Å². The molecule has 2 heterocycles. The Bertz CT molecular complexity index is 1270. The van der Waals surface area contributed by atoms with Crippen molar-refractivity contribution in [3.63, 3.8) is 0 Å². The summed E-state index contributed by atoms with van der Waals surface area (Å²) in [6.07, 6.45) is 5.38. The Balaban J connectivity index is 0.000000631. The molecule has 8 heteroatoms. The minimum atomic E-state index is -0.941. The predicted molar refractivity (Wildman–Crippen MR) is 160 cm³/mol. The first kappa shape index (κ1) is 30.4. The number of fused-ring (bicyclic) bond motifs is 2. The number of hydrogen-bond donors (Lipinski definition) is 1. The molecule has 4 rings (SSSR count). The summed E-state index contributed by atoms with van der Waals surface area (Å²) in [6, 6.07) is 12.0. The summed E-state index contributed by atoms with van der Waals surface area (Å²) >= 11 is 0. The van der Waals surface area contributed by atoms with Crippen molar-refractivity contribution in [2.45, 2.75) is 70.8 Å². The summed E-state index contributed by atoms with van der Waals surface area (Å²) in [5.74, 6) is 1.11. The number of amides is 2. The lowest BCUT2D eigenvalue weighted by molar-refractivity contribution is -0.127. The molecule has 7 nitrogen and oxygen atoms in total. The fourth-order valence-electron chi connectivity index (χ4n) is 4.36. The quantitative estimate of drug-likeness (QED) is 0.450. The minimum Gasteiger partial charge on any atom is -0.379 e. The second kappa shape index (κ2) is 13.8. The zero-order chi connectivity index (χ0) is 28.6. The van der Waals surface area contributed by atoms with Gasteiger partial charge in [0.15, 0.2) is 0 Å². The van der Waals surface area contributed by atoms with E-state index in [9.17, 15) is 13.8 Å². The molecule has 1 unspecified atom stereocenters. The zero-order valence-corrected chi connectivity index (χ0v) is 24.8. The van der Waals surface area contributed by atoms with Gasteiger partial charge in [-0.15, -0.1) is 0 Å². The second-order valence-corrected chi connectivity index (χ2v) is 12.2. The standard InChI is InChI=1S/C26H29N3O3S.C5H12O/c1-3-10-29(11-4-2)26(31)22-13-21-8-7-19(14-23(21)28-25(16-22)27-17-30)20-6-5-18-9-12-33(32)24(18)15-20;1-5(2,3)6-4/h5-8,13-15,17H,3-4,9-12,16H2,1-2H3,(H,27,28,30);1-4H3. The van der Waals surface area contributed by atoms with Gasteiger partial charge in [0, 0.05) is 48.4 Å². The molecule has 0 aromatic heterocycles. The molecule has 2 aliphatic heterocycles. The van der Waals surface area contributed by atoms with Gasteiger partial charge in [0.05, 0.1) is 22.1 Å². The van der Waals surface area contributed by atoms with Crippen LogP contribution in [0.5, 0.6) is 0 Å². The van der Waals surface area contributed by atoms with E-state index in [-0.39, 0.29) is 17.9 Å². The molecule has 2 aromatic rings. The average molecular weight is 552 g/mol. The van der Waals surface area contributed by atoms with Crippen LogP contribution < -0.4 is 5.32 Å². The van der Waals surface area contributed by atoms with Crippen LogP contribution in [0.25, 0.3) is 17.2 Å². The van der Waals surface area contributed by atoms with Crippen LogP contribution in [0.2, 0.25) is 0 Å². The molecule has 0 aliphatic carbocycles. The Labute approximate surface area is 235 Å². The van der Waals surface area contributed by atoms with Crippen molar-refractivity contribution in [3.05, 3.63) is 53.1 Å². The maximum absolute atomic E-state index is 13.3. The fourth-order valence-corrected chi connectivity index (χ4v) is 5.70. The molecule has 0 fully saturated rings. The van der Waals surface area contributed by atoms with E-state index < -0.39 is 10.8 Å². The van der Waals surface area contributed by atoms with Crippen LogP contribution in [0.3, 0.4) is 0 Å². The third kappa shape index (κ3) is 8.19. The number of methoxy groups -OCH3 is 1. The van der Waals surface area contributed by atoms with Crippen molar-refractivity contribution in [1.82, 2.24) is 10.2 Å². The van der Waals surface area contributed by atoms with Gasteiger partial charge < -0.3 is 15.0 Å². The van der Waals surface area contributed by atoms with E-state index >= 15 is 0 Å². The van der Waals surface area contributed by atoms with Gasteiger partial charge in [-0.25, -0.2) is 4.99 Å². The van der Waals surface area contributed by atoms with E-state index in [4.69, 9.17) is 4.74 Å². The normalized spacial score (nSPS) is 16.0. The summed E-state index contributed by atoms with van der Waals surface area (Å²) in [6.45, 7) is 11.6. The lowest BCUT2D eigenvalue weighted by Crippen LogP contribution is -2.35. The third-order valence-electron chi connectivity index (χ3n) is 6.56. The van der Waals surface area contributed by atoms with Gasteiger partial charge in [0.2, 0.25) is 12.3 Å². The minimum absolute atomic E-state index is 0.0165. The lowest BCUT2D eigenvalue weighted by Gasteiger charge is -2.23. The molecule has 39 heavy (non-hydrogen) atoms. The molecule has 2 aromatic carbocycles. The number of ether oxygens (including phenoxy) is 1. The number of rotatable bonds is 7. The highest BCUT2D eigenvalue weighted by Gasteiger charge is 2.23. The highest BCUT2D eigenvalue weighted by atomic mass is 32.2. The van der Waals surface area contributed by atoms with Crippen LogP contribution in [0.4, 0.5) is 5.69 Å². The van der Waals surface area contributed by atoms with E-state index in [1.165, 1.54) is 0 Å². The molecule has 0 saturated carbocycles. The van der Waals surface area contributed by atoms with Gasteiger partial charge in [-0.1, -0.05) is 38.1 Å². The Kier molecular flexibility index (Phi) is 10.8. The van der Waals surface area contributed by atoms with Crippen molar-refractivity contribution >= 4 is 40.7 Å². The van der Waals surface area contributed by atoms with Gasteiger partial charge in [0.25, 0.3) is 0 Å². The van der Waals surface area contributed by atoms with Crippen molar-refractivity contribution in [2.24, 2.45) is 4.99 Å². The highest BCUT2D eigenvalue weighted by Crippen LogP contribution is 2.34. The van der Waals surface area contributed by atoms with Crippen LogP contribution in [-0.2, 0) is 31.5 Å². The van der Waals surface area contributed by atoms with Crippen molar-refractivity contribution in [2.75, 3.05) is 26.0 Å². The largest absolute Gasteiger partial charge is 0.379 e. The number of benzene rings is 2. The molecule has 2 amide bonds. The first-order valence-electron chi connectivity index (χ1n) is 13.6. The second-order valence-electron chi connectivity index (χ2n) is 10.7. The average Bonchev–Trinajstić information content (AvgIpc) is 3.17. The molecule has 2 aliphatic rings. The number of nitrogens with one attached hydrogen (secondary N) is 1. The van der Waals surface area contributed by atoms with Gasteiger partial charge in [-0.2, -0.15) is 0 Å². The molecule has 210 valence electrons. The summed E-state index contributed by atoms with van der Waals surface area (Å²) < 4.78 is 17.2. The monoisotopic (exact) mass is 551 g/mol. The summed E-state index contributed by atoms with van der Waals surface area (Å²) in [5, 5.41) is 2.67. The zero-order valence-electron chi connectivity index (χ0n) is 24.0. The van der Waals surface area contributed by atoms with E-state index in [0.717, 1.165) is 46.4 Å². The Morgan fingerprint density at radius 2 is 1.74 bits per heavy atom. The first-order chi connectivity index (χ1) is 18.6. The predicted octanol–water partition coefficient (Wildman–Crippen LogP) is 5.66.